The van der Waals surface area contributed by atoms with Crippen LogP contribution in [0.25, 0.3) is 5.57 Å². The molecule has 2 aliphatic carbocycles. The minimum Gasteiger partial charge on any atom is -0.496 e. The Bertz CT molecular complexity index is 4220. The number of likely N-dealkylation sites (N-methyl/N-ethyl adjacent to an activating group) is 1. The van der Waals surface area contributed by atoms with Crippen molar-refractivity contribution in [1.29, 1.82) is 0 Å². The first kappa shape index (κ1) is 89.5. The van der Waals surface area contributed by atoms with E-state index in [0.29, 0.717) is 80.8 Å². The number of benzene rings is 3. The molecular weight excluding hydrogens is 1530 g/mol. The molecule has 14 atom stereocenters. The number of aliphatic hydroxyl groups is 3. The Labute approximate surface area is 673 Å². The first-order valence-corrected chi connectivity index (χ1v) is 41.3. The second-order valence-electron chi connectivity index (χ2n) is 31.0. The topological polar surface area (TPSA) is 490 Å². The van der Waals surface area contributed by atoms with Gasteiger partial charge in [-0.3, -0.25) is 52.8 Å². The van der Waals surface area contributed by atoms with Crippen LogP contribution >= 0.6 is 21.6 Å². The number of hydrogen-bond acceptors (Lipinski definition) is 24. The lowest BCUT2D eigenvalue weighted by Crippen LogP contribution is -2.81. The van der Waals surface area contributed by atoms with Crippen LogP contribution in [-0.4, -0.2) is 249 Å². The lowest BCUT2D eigenvalue weighted by atomic mass is 9.47. The molecule has 1 saturated heterocycles. The van der Waals surface area contributed by atoms with E-state index >= 15 is 9.59 Å². The molecule has 1 saturated carbocycles. The highest BCUT2D eigenvalue weighted by molar-refractivity contribution is 8.76. The zero-order valence-corrected chi connectivity index (χ0v) is 67.0. The van der Waals surface area contributed by atoms with E-state index in [1.165, 1.54) is 14.2 Å². The van der Waals surface area contributed by atoms with Crippen molar-refractivity contribution in [1.82, 2.24) is 36.8 Å². The number of carboxylic acids is 5. The molecule has 6 aliphatic rings. The summed E-state index contributed by atoms with van der Waals surface area (Å²) in [4.78, 5) is 175. The summed E-state index contributed by atoms with van der Waals surface area (Å²) in [5.41, 5.74) is -1.28. The van der Waals surface area contributed by atoms with Crippen molar-refractivity contribution < 1.29 is 117 Å². The highest BCUT2D eigenvalue weighted by Crippen LogP contribution is 2.68. The predicted octanol–water partition coefficient (Wildman–Crippen LogP) is 4.09. The van der Waals surface area contributed by atoms with Gasteiger partial charge < -0.3 is 91.9 Å². The van der Waals surface area contributed by atoms with Crippen LogP contribution in [0.5, 0.6) is 5.75 Å². The van der Waals surface area contributed by atoms with Gasteiger partial charge in [0.1, 0.15) is 48.3 Å². The summed E-state index contributed by atoms with van der Waals surface area (Å²) < 4.78 is 18.0. The van der Waals surface area contributed by atoms with Crippen LogP contribution in [0.1, 0.15) is 145 Å². The van der Waals surface area contributed by atoms with E-state index in [4.69, 9.17) is 19.3 Å². The van der Waals surface area contributed by atoms with E-state index in [1.54, 1.807) is 44.3 Å². The molecular formula is C81H106N8O24S2. The monoisotopic (exact) mass is 1640 g/mol. The van der Waals surface area contributed by atoms with Gasteiger partial charge in [0.15, 0.2) is 11.4 Å². The third-order valence-corrected chi connectivity index (χ3v) is 26.1. The fraction of sp³-hybridized carbons (Fsp3) is 0.568. The zero-order valence-electron chi connectivity index (χ0n) is 65.4. The number of anilines is 1. The molecule has 2 fully saturated rings. The predicted molar refractivity (Wildman–Crippen MR) is 421 cm³/mol. The lowest BCUT2D eigenvalue weighted by molar-refractivity contribution is -0.203. The Kier molecular flexibility index (Phi) is 30.3. The number of hydrogen-bond donors (Lipinski definition) is 14. The van der Waals surface area contributed by atoms with E-state index in [1.807, 2.05) is 55.2 Å². The quantitative estimate of drug-likeness (QED) is 0.0164. The number of carboxylic acid groups (broad SMARTS) is 5. The number of esters is 2. The summed E-state index contributed by atoms with van der Waals surface area (Å²) in [6, 6.07) is 12.7. The third kappa shape index (κ3) is 20.0. The SMILES string of the molecule is CC[C@](C)(O)C[C@H]1CNCCC2=C(Cc3ccccc32)[C@@](C(=O)OC)(c2cc3c(cc2OC)N(C)[C@H]2[C@@](O)(C(=O)NCC(=O)OCCSSC[C@H](NC(=O)[C@@H](CC(=O)[C@H](CC(=O)O)NC(=O)CC[C@H](CC(=O)CC[C@H](NC(=O)NCCCC(=O)O)C(=O)O)C(=O)O)Cc4ccccc4)C(=O)O)[C@H](O)[C@]4(CC)C=CCN5CC[C@]32[C@@H]54)C1. The fourth-order valence-corrected chi connectivity index (χ4v) is 20.1. The third-order valence-electron chi connectivity index (χ3n) is 23.7. The number of ether oxygens (including phenoxy) is 3. The first-order chi connectivity index (χ1) is 54.7. The number of urea groups is 1. The second-order valence-corrected chi connectivity index (χ2v) is 33.6. The molecule has 14 N–H and O–H groups in total. The van der Waals surface area contributed by atoms with Crippen molar-refractivity contribution in [2.24, 2.45) is 23.2 Å². The molecule has 32 nitrogen and oxygen atoms in total. The van der Waals surface area contributed by atoms with Gasteiger partial charge in [-0.05, 0) is 143 Å². The Morgan fingerprint density at radius 1 is 0.774 bits per heavy atom. The molecule has 0 bridgehead atoms. The van der Waals surface area contributed by atoms with Gasteiger partial charge >= 0.3 is 47.8 Å². The summed E-state index contributed by atoms with van der Waals surface area (Å²) >= 11 is 0. The van der Waals surface area contributed by atoms with E-state index in [2.05, 4.69) is 48.9 Å². The second kappa shape index (κ2) is 39.0. The number of aliphatic carboxylic acids is 5. The van der Waals surface area contributed by atoms with Crippen molar-refractivity contribution in [3.8, 4) is 5.75 Å². The van der Waals surface area contributed by atoms with Crippen LogP contribution in [0.3, 0.4) is 0 Å². The molecule has 1 spiro atoms. The minimum atomic E-state index is -2.64. The number of amides is 5. The smallest absolute Gasteiger partial charge is 0.327 e. The molecule has 0 aromatic heterocycles. The Balaban J connectivity index is 0.839. The standard InChI is InChI=1S/C81H106N8O24S2/c1-7-77(3,109)41-47-42-80(75(107)112-6,54-36-48-18-12-13-19-52(48)53(54)25-29-82-43-47)56-38-55-60(40-62(56)111-5)88(4)72-79(55)27-31-89-30-15-26-78(8-2,71(79)89)73(105)81(72,110)74(106)84-44-66(97)113-32-33-114-115-45-59(70(103)104)86-67(98)50(34-46-16-10-9-11-17-46)37-61(91)58(39-65(95)96)85-63(92)24-21-49(68(99)100)35-51(90)22-23-57(69(101)102)87-76(108)83-28-14-20-64(93)94/h9-13,15-19,26,38,40,47,49-50,57-59,71-73,82,105,109-110H,7-8,14,20-25,27-37,39,41-45H2,1-6H3,(H,84,106)(H,85,92)(H,86,98)(H,93,94)(H,95,96)(H,99,100)(H,101,102)(H,103,104)(H2,83,87,108)/t47-,49-,50-,57+,58+,59+,71+,72-,73-,77+,78-,79-,80-,81+/m1/s1. The number of carbonyl (C=O) groups excluding carboxylic acids is 8. The van der Waals surface area contributed by atoms with Crippen molar-refractivity contribution in [2.45, 2.75) is 188 Å². The van der Waals surface area contributed by atoms with E-state index in [-0.39, 0.29) is 62.7 Å². The van der Waals surface area contributed by atoms with Crippen LogP contribution in [0.15, 0.2) is 84.5 Å². The highest BCUT2D eigenvalue weighted by atomic mass is 33.1. The van der Waals surface area contributed by atoms with Crippen LogP contribution in [-0.2, 0) is 90.7 Å². The summed E-state index contributed by atoms with van der Waals surface area (Å²) in [6.45, 7) is 6.64. The number of aliphatic hydroxyl groups excluding tert-OH is 1. The van der Waals surface area contributed by atoms with E-state index in [0.717, 1.165) is 49.4 Å². The van der Waals surface area contributed by atoms with Gasteiger partial charge in [0.05, 0.1) is 44.2 Å². The highest BCUT2D eigenvalue weighted by Gasteiger charge is 2.79. The Morgan fingerprint density at radius 2 is 1.50 bits per heavy atom. The maximum Gasteiger partial charge on any atom is 0.327 e. The maximum absolute atomic E-state index is 15.7. The number of Topliss-reactive ketones (excluding diaryl/α,β-unsaturated/α-hetero) is 2. The van der Waals surface area contributed by atoms with E-state index < -0.39 is 204 Å². The van der Waals surface area contributed by atoms with Gasteiger partial charge in [-0.2, -0.15) is 0 Å². The van der Waals surface area contributed by atoms with Crippen LogP contribution in [0.2, 0.25) is 0 Å². The molecule has 4 aliphatic heterocycles. The van der Waals surface area contributed by atoms with Gasteiger partial charge in [-0.1, -0.05) is 102 Å². The van der Waals surface area contributed by atoms with Gasteiger partial charge in [-0.15, -0.1) is 0 Å². The van der Waals surface area contributed by atoms with Crippen molar-refractivity contribution >= 4 is 110 Å². The molecule has 9 rings (SSSR count). The van der Waals surface area contributed by atoms with Gasteiger partial charge in [0.2, 0.25) is 11.8 Å². The van der Waals surface area contributed by atoms with Gasteiger partial charge in [0.25, 0.3) is 5.91 Å². The van der Waals surface area contributed by atoms with Gasteiger partial charge in [-0.25, -0.2) is 14.4 Å². The van der Waals surface area contributed by atoms with Crippen LogP contribution < -0.4 is 41.5 Å². The largest absolute Gasteiger partial charge is 0.496 e. The molecule has 3 aromatic rings. The Hall–Kier alpha value is -9.45. The lowest BCUT2D eigenvalue weighted by Gasteiger charge is -2.63. The molecule has 626 valence electrons. The number of fused-ring (bicyclic) bond motifs is 3. The van der Waals surface area contributed by atoms with Gasteiger partial charge in [0, 0.05) is 104 Å². The number of carbonyl (C=O) groups is 13. The molecule has 0 radical (unpaired) electrons. The normalized spacial score (nSPS) is 24.3. The molecule has 0 unspecified atom stereocenters. The molecule has 3 aromatic carbocycles. The molecule has 115 heavy (non-hydrogen) atoms. The molecule has 34 heteroatoms. The average molecular weight is 1640 g/mol. The van der Waals surface area contributed by atoms with Crippen molar-refractivity contribution in [3.05, 3.63) is 112 Å². The van der Waals surface area contributed by atoms with Crippen LogP contribution in [0.4, 0.5) is 10.5 Å². The van der Waals surface area contributed by atoms with Crippen molar-refractivity contribution in [2.75, 3.05) is 83.5 Å². The Morgan fingerprint density at radius 3 is 2.17 bits per heavy atom. The minimum absolute atomic E-state index is 0.0547. The number of methoxy groups -OCH3 is 2. The number of ketones is 2. The summed E-state index contributed by atoms with van der Waals surface area (Å²) in [6.07, 6.45) is -0.0301. The first-order valence-electron chi connectivity index (χ1n) is 38.8. The average Bonchev–Trinajstić information content (AvgIpc) is 1.49. The maximum atomic E-state index is 15.7. The number of rotatable bonds is 42. The van der Waals surface area contributed by atoms with Crippen molar-refractivity contribution in [3.63, 3.8) is 0 Å². The summed E-state index contributed by atoms with van der Waals surface area (Å²) in [5, 5.41) is 103. The number of nitrogens with zero attached hydrogens (tertiary/aromatic N) is 2. The number of nitrogens with one attached hydrogen (secondary N) is 6. The fourth-order valence-electron chi connectivity index (χ4n) is 18.2. The summed E-state index contributed by atoms with van der Waals surface area (Å²) in [7, 11) is 6.72. The van der Waals surface area contributed by atoms with Crippen LogP contribution in [0, 0.1) is 23.2 Å². The molecule has 4 heterocycles. The summed E-state index contributed by atoms with van der Waals surface area (Å²) in [5.74, 6) is -16.2. The zero-order chi connectivity index (χ0) is 83.9. The van der Waals surface area contributed by atoms with E-state index in [9.17, 15) is 88.5 Å². The molecule has 5 amide bonds.